The highest BCUT2D eigenvalue weighted by Crippen LogP contribution is 2.25. The molecule has 1 aliphatic heterocycles. The molecule has 3 atom stereocenters. The van der Waals surface area contributed by atoms with Crippen molar-refractivity contribution in [3.05, 3.63) is 63.6 Å². The second-order valence-corrected chi connectivity index (χ2v) is 10.3. The van der Waals surface area contributed by atoms with E-state index in [1.165, 1.54) is 0 Å². The number of hydrogen-bond acceptors (Lipinski definition) is 6. The van der Waals surface area contributed by atoms with E-state index in [1.54, 1.807) is 42.5 Å². The largest absolute Gasteiger partial charge is 0.480 e. The molecular formula is C27H29Cl2N3O7. The topological polar surface area (TPSA) is 143 Å². The lowest BCUT2D eigenvalue weighted by atomic mass is 9.95. The number of carboxylic acids is 1. The molecule has 2 fully saturated rings. The Balaban J connectivity index is 1.34. The number of carboxylic acid groups (broad SMARTS) is 1. The molecule has 2 aliphatic rings. The fourth-order valence-electron chi connectivity index (χ4n) is 4.64. The maximum atomic E-state index is 12.9. The molecule has 1 aliphatic carbocycles. The number of amides is 3. The van der Waals surface area contributed by atoms with Crippen molar-refractivity contribution in [2.75, 3.05) is 12.1 Å². The molecule has 1 saturated carbocycles. The van der Waals surface area contributed by atoms with Crippen LogP contribution in [0, 0.1) is 0 Å². The van der Waals surface area contributed by atoms with Crippen molar-refractivity contribution in [1.82, 2.24) is 10.6 Å². The Morgan fingerprint density at radius 2 is 1.51 bits per heavy atom. The zero-order valence-electron chi connectivity index (χ0n) is 21.0. The van der Waals surface area contributed by atoms with E-state index in [0.717, 1.165) is 32.1 Å². The Bertz CT molecular complexity index is 1200. The zero-order chi connectivity index (χ0) is 27.9. The number of hydrogen-bond donors (Lipinski definition) is 4. The van der Waals surface area contributed by atoms with Gasteiger partial charge in [-0.25, -0.2) is 4.79 Å². The van der Waals surface area contributed by atoms with Gasteiger partial charge >= 0.3 is 5.97 Å². The molecule has 12 heteroatoms. The lowest BCUT2D eigenvalue weighted by Crippen LogP contribution is -2.53. The number of halogens is 2. The fourth-order valence-corrected chi connectivity index (χ4v) is 5.21. The molecule has 1 heterocycles. The van der Waals surface area contributed by atoms with Gasteiger partial charge in [-0.2, -0.15) is 0 Å². The molecule has 2 aromatic rings. The lowest BCUT2D eigenvalue weighted by molar-refractivity contribution is -0.144. The third kappa shape index (κ3) is 7.48. The predicted molar refractivity (Wildman–Crippen MR) is 144 cm³/mol. The molecule has 39 heavy (non-hydrogen) atoms. The Labute approximate surface area is 235 Å². The molecule has 0 radical (unpaired) electrons. The second kappa shape index (κ2) is 13.3. The van der Waals surface area contributed by atoms with Gasteiger partial charge in [-0.05, 0) is 42.7 Å². The Morgan fingerprint density at radius 1 is 0.897 bits per heavy atom. The zero-order valence-corrected chi connectivity index (χ0v) is 22.5. The van der Waals surface area contributed by atoms with E-state index in [9.17, 15) is 24.3 Å². The minimum Gasteiger partial charge on any atom is -0.480 e. The molecule has 4 rings (SSSR count). The number of benzene rings is 2. The van der Waals surface area contributed by atoms with Gasteiger partial charge in [0.25, 0.3) is 17.7 Å². The first kappa shape index (κ1) is 28.8. The first-order valence-electron chi connectivity index (χ1n) is 12.6. The van der Waals surface area contributed by atoms with Crippen molar-refractivity contribution in [2.24, 2.45) is 0 Å². The van der Waals surface area contributed by atoms with Crippen molar-refractivity contribution in [3.8, 4) is 0 Å². The normalized spacial score (nSPS) is 20.2. The summed E-state index contributed by atoms with van der Waals surface area (Å²) in [6, 6.07) is 9.93. The van der Waals surface area contributed by atoms with Crippen LogP contribution in [0.25, 0.3) is 0 Å². The summed E-state index contributed by atoms with van der Waals surface area (Å²) in [6.45, 7) is -0.245. The minimum absolute atomic E-state index is 0.0281. The summed E-state index contributed by atoms with van der Waals surface area (Å²) in [5.74, 6) is -2.93. The van der Waals surface area contributed by atoms with Crippen LogP contribution >= 0.6 is 23.2 Å². The van der Waals surface area contributed by atoms with Crippen LogP contribution in [-0.4, -0.2) is 59.9 Å². The summed E-state index contributed by atoms with van der Waals surface area (Å²) >= 11 is 12.2. The fraction of sp³-hybridized carbons (Fsp3) is 0.407. The Hall–Kier alpha value is -3.18. The van der Waals surface area contributed by atoms with Crippen LogP contribution in [0.15, 0.2) is 42.5 Å². The summed E-state index contributed by atoms with van der Waals surface area (Å²) in [7, 11) is 0. The van der Waals surface area contributed by atoms with E-state index >= 15 is 0 Å². The van der Waals surface area contributed by atoms with Crippen LogP contribution in [0.1, 0.15) is 48.0 Å². The predicted octanol–water partition coefficient (Wildman–Crippen LogP) is 3.55. The second-order valence-electron chi connectivity index (χ2n) is 9.49. The van der Waals surface area contributed by atoms with Crippen LogP contribution in [-0.2, 0) is 30.3 Å². The minimum atomic E-state index is -1.29. The van der Waals surface area contributed by atoms with Gasteiger partial charge in [0.1, 0.15) is 12.8 Å². The van der Waals surface area contributed by atoms with Gasteiger partial charge < -0.3 is 30.5 Å². The molecule has 1 saturated heterocycles. The van der Waals surface area contributed by atoms with Crippen LogP contribution in [0.2, 0.25) is 10.0 Å². The van der Waals surface area contributed by atoms with Gasteiger partial charge in [0, 0.05) is 18.2 Å². The van der Waals surface area contributed by atoms with E-state index < -0.39 is 41.9 Å². The van der Waals surface area contributed by atoms with Gasteiger partial charge in [-0.15, -0.1) is 0 Å². The number of aliphatic carboxylic acids is 1. The van der Waals surface area contributed by atoms with E-state index in [-0.39, 0.29) is 34.9 Å². The van der Waals surface area contributed by atoms with Crippen LogP contribution in [0.5, 0.6) is 0 Å². The summed E-state index contributed by atoms with van der Waals surface area (Å²) < 4.78 is 10.7. The number of rotatable bonds is 9. The number of ether oxygens (including phenoxy) is 2. The highest BCUT2D eigenvalue weighted by molar-refractivity contribution is 6.40. The first-order valence-corrected chi connectivity index (χ1v) is 13.4. The molecule has 0 bridgehead atoms. The van der Waals surface area contributed by atoms with E-state index in [2.05, 4.69) is 16.0 Å². The third-order valence-corrected chi connectivity index (χ3v) is 7.32. The van der Waals surface area contributed by atoms with Crippen molar-refractivity contribution < 1.29 is 33.8 Å². The number of nitrogens with one attached hydrogen (secondary N) is 3. The molecule has 10 nitrogen and oxygen atoms in total. The maximum absolute atomic E-state index is 12.9. The quantitative estimate of drug-likeness (QED) is 0.357. The molecule has 1 unspecified atom stereocenters. The van der Waals surface area contributed by atoms with Crippen molar-refractivity contribution in [2.45, 2.75) is 62.8 Å². The van der Waals surface area contributed by atoms with Gasteiger partial charge in [0.15, 0.2) is 12.2 Å². The molecule has 2 aromatic carbocycles. The molecule has 4 N–H and O–H groups in total. The van der Waals surface area contributed by atoms with Crippen LogP contribution < -0.4 is 16.0 Å². The van der Waals surface area contributed by atoms with E-state index in [0.29, 0.717) is 11.3 Å². The standard InChI is InChI=1S/C27H29Cl2N3O7/c28-18-7-4-8-19(29)21(18)24(33)30-17-11-9-15(10-12-17)13-20(27(36)37)32-26(35)23-22(38-14-39-23)25(34)31-16-5-2-1-3-6-16/h4,7-12,16,20,22-23H,1-3,5-6,13-14H2,(H,30,33)(H,31,34)(H,32,35)(H,36,37)/t20?,22-,23-/m1/s1. The molecule has 0 spiro atoms. The van der Waals surface area contributed by atoms with Crippen molar-refractivity contribution in [1.29, 1.82) is 0 Å². The average Bonchev–Trinajstić information content (AvgIpc) is 3.40. The number of carbonyl (C=O) groups excluding carboxylic acids is 3. The summed E-state index contributed by atoms with van der Waals surface area (Å²) in [6.07, 6.45) is 2.46. The van der Waals surface area contributed by atoms with Gasteiger partial charge in [0.05, 0.1) is 15.6 Å². The van der Waals surface area contributed by atoms with E-state index in [4.69, 9.17) is 32.7 Å². The monoisotopic (exact) mass is 577 g/mol. The van der Waals surface area contributed by atoms with Crippen LogP contribution in [0.4, 0.5) is 5.69 Å². The maximum Gasteiger partial charge on any atom is 0.326 e. The molecular weight excluding hydrogens is 549 g/mol. The highest BCUT2D eigenvalue weighted by atomic mass is 35.5. The highest BCUT2D eigenvalue weighted by Gasteiger charge is 2.42. The molecule has 0 aromatic heterocycles. The molecule has 3 amide bonds. The Kier molecular flexibility index (Phi) is 9.79. The van der Waals surface area contributed by atoms with Gasteiger partial charge in [-0.1, -0.05) is 60.7 Å². The smallest absolute Gasteiger partial charge is 0.326 e. The number of anilines is 1. The summed E-state index contributed by atoms with van der Waals surface area (Å²) in [4.78, 5) is 50.1. The van der Waals surface area contributed by atoms with Gasteiger partial charge in [0.2, 0.25) is 0 Å². The summed E-state index contributed by atoms with van der Waals surface area (Å²) in [5, 5.41) is 18.2. The summed E-state index contributed by atoms with van der Waals surface area (Å²) in [5.41, 5.74) is 1.17. The third-order valence-electron chi connectivity index (χ3n) is 6.69. The molecule has 208 valence electrons. The Morgan fingerprint density at radius 3 is 2.13 bits per heavy atom. The lowest BCUT2D eigenvalue weighted by Gasteiger charge is -2.25. The van der Waals surface area contributed by atoms with Crippen molar-refractivity contribution >= 4 is 52.6 Å². The average molecular weight is 578 g/mol. The van der Waals surface area contributed by atoms with Gasteiger partial charge in [-0.3, -0.25) is 14.4 Å². The van der Waals surface area contributed by atoms with E-state index in [1.807, 2.05) is 0 Å². The first-order chi connectivity index (χ1) is 18.7. The van der Waals surface area contributed by atoms with Crippen LogP contribution in [0.3, 0.4) is 0 Å². The SMILES string of the molecule is O=C(Nc1ccc(CC(NC(=O)[C@@H]2OCO[C@H]2C(=O)NC2CCCCC2)C(=O)O)cc1)c1c(Cl)cccc1Cl. The van der Waals surface area contributed by atoms with Crippen molar-refractivity contribution in [3.63, 3.8) is 0 Å². The number of carbonyl (C=O) groups is 4.